The summed E-state index contributed by atoms with van der Waals surface area (Å²) < 4.78 is 10.2. The maximum atomic E-state index is 5.10. The Morgan fingerprint density at radius 3 is 1.92 bits per heavy atom. The van der Waals surface area contributed by atoms with E-state index in [0.29, 0.717) is 0 Å². The van der Waals surface area contributed by atoms with Crippen molar-refractivity contribution < 1.29 is 9.47 Å². The molecule has 0 saturated heterocycles. The van der Waals surface area contributed by atoms with E-state index in [1.165, 1.54) is 0 Å². The van der Waals surface area contributed by atoms with Gasteiger partial charge in [0.25, 0.3) is 0 Å². The maximum Gasteiger partial charge on any atom is 0.169 e. The second kappa shape index (κ2) is 7.26. The molecule has 0 saturated carbocycles. The van der Waals surface area contributed by atoms with Crippen LogP contribution in [0, 0.1) is 0 Å². The molecule has 0 aliphatic heterocycles. The number of nitrogens with zero attached hydrogens (tertiary/aromatic N) is 2. The minimum Gasteiger partial charge on any atom is -0.355 e. The molecule has 0 aromatic rings. The van der Waals surface area contributed by atoms with Crippen molar-refractivity contribution in [1.29, 1.82) is 0 Å². The summed E-state index contributed by atoms with van der Waals surface area (Å²) in [6.45, 7) is 2.88. The maximum absolute atomic E-state index is 5.10. The minimum absolute atomic E-state index is 0.118. The fourth-order valence-corrected chi connectivity index (χ4v) is 0.962. The third kappa shape index (κ3) is 6.95. The summed E-state index contributed by atoms with van der Waals surface area (Å²) in [6.07, 6.45) is -0.118. The Bertz CT molecular complexity index is 116. The second-order valence-electron chi connectivity index (χ2n) is 3.47. The molecule has 0 radical (unpaired) electrons. The molecule has 0 atom stereocenters. The molecule has 0 bridgehead atoms. The minimum atomic E-state index is -0.118. The molecule has 80 valence electrons. The van der Waals surface area contributed by atoms with E-state index in [1.54, 1.807) is 14.2 Å². The molecular weight excluding hydrogens is 168 g/mol. The molecular formula is C9H22N2O2. The molecule has 4 nitrogen and oxygen atoms in total. The van der Waals surface area contributed by atoms with E-state index in [1.807, 2.05) is 0 Å². The van der Waals surface area contributed by atoms with Crippen molar-refractivity contribution in [1.82, 2.24) is 9.80 Å². The number of methoxy groups -OCH3 is 2. The van der Waals surface area contributed by atoms with Gasteiger partial charge in [0, 0.05) is 33.9 Å². The highest BCUT2D eigenvalue weighted by molar-refractivity contribution is 4.56. The first kappa shape index (κ1) is 12.8. The molecule has 0 amide bonds. The van der Waals surface area contributed by atoms with Gasteiger partial charge in [-0.15, -0.1) is 0 Å². The van der Waals surface area contributed by atoms with Crippen LogP contribution in [0.5, 0.6) is 0 Å². The lowest BCUT2D eigenvalue weighted by atomic mass is 10.4. The Morgan fingerprint density at radius 2 is 1.54 bits per heavy atom. The van der Waals surface area contributed by atoms with Crippen molar-refractivity contribution in [2.45, 2.75) is 6.29 Å². The highest BCUT2D eigenvalue weighted by Crippen LogP contribution is 1.94. The van der Waals surface area contributed by atoms with E-state index in [2.05, 4.69) is 30.9 Å². The van der Waals surface area contributed by atoms with E-state index in [-0.39, 0.29) is 6.29 Å². The van der Waals surface area contributed by atoms with Gasteiger partial charge in [0.2, 0.25) is 0 Å². The first-order valence-electron chi connectivity index (χ1n) is 4.49. The van der Waals surface area contributed by atoms with Crippen LogP contribution in [0.15, 0.2) is 0 Å². The van der Waals surface area contributed by atoms with Gasteiger partial charge in [-0.1, -0.05) is 0 Å². The van der Waals surface area contributed by atoms with Crippen molar-refractivity contribution in [2.24, 2.45) is 0 Å². The molecule has 0 heterocycles. The molecule has 0 rings (SSSR count). The molecule has 0 aliphatic carbocycles. The zero-order valence-corrected chi connectivity index (χ0v) is 9.41. The Balaban J connectivity index is 3.53. The number of hydrogen-bond donors (Lipinski definition) is 0. The van der Waals surface area contributed by atoms with Crippen LogP contribution in [-0.4, -0.2) is 71.1 Å². The average Bonchev–Trinajstić information content (AvgIpc) is 2.10. The highest BCUT2D eigenvalue weighted by atomic mass is 16.7. The van der Waals surface area contributed by atoms with E-state index in [0.717, 1.165) is 19.6 Å². The number of ether oxygens (including phenoxy) is 2. The number of likely N-dealkylation sites (N-methyl/N-ethyl adjacent to an activating group) is 2. The van der Waals surface area contributed by atoms with Crippen LogP contribution in [0.3, 0.4) is 0 Å². The van der Waals surface area contributed by atoms with Crippen molar-refractivity contribution in [3.05, 3.63) is 0 Å². The average molecular weight is 190 g/mol. The normalized spacial score (nSPS) is 12.0. The van der Waals surface area contributed by atoms with E-state index < -0.39 is 0 Å². The highest BCUT2D eigenvalue weighted by Gasteiger charge is 2.08. The standard InChI is InChI=1S/C9H22N2O2/c1-10(2)6-7-11(3)8-9(12-4)13-5/h9H,6-8H2,1-5H3. The summed E-state index contributed by atoms with van der Waals surface area (Å²) in [5.41, 5.74) is 0. The fourth-order valence-electron chi connectivity index (χ4n) is 0.962. The van der Waals surface area contributed by atoms with Gasteiger partial charge in [-0.05, 0) is 21.1 Å². The van der Waals surface area contributed by atoms with Crippen molar-refractivity contribution in [2.75, 3.05) is 55.0 Å². The van der Waals surface area contributed by atoms with Crippen molar-refractivity contribution in [3.63, 3.8) is 0 Å². The van der Waals surface area contributed by atoms with Gasteiger partial charge in [-0.25, -0.2) is 0 Å². The van der Waals surface area contributed by atoms with Gasteiger partial charge < -0.3 is 19.3 Å². The Kier molecular flexibility index (Phi) is 7.17. The molecule has 0 aromatic heterocycles. The van der Waals surface area contributed by atoms with E-state index in [4.69, 9.17) is 9.47 Å². The van der Waals surface area contributed by atoms with Crippen molar-refractivity contribution in [3.8, 4) is 0 Å². The number of rotatable bonds is 7. The lowest BCUT2D eigenvalue weighted by Crippen LogP contribution is -2.35. The second-order valence-corrected chi connectivity index (χ2v) is 3.47. The zero-order chi connectivity index (χ0) is 10.3. The van der Waals surface area contributed by atoms with E-state index >= 15 is 0 Å². The smallest absolute Gasteiger partial charge is 0.169 e. The van der Waals surface area contributed by atoms with Crippen LogP contribution in [-0.2, 0) is 9.47 Å². The quantitative estimate of drug-likeness (QED) is 0.532. The monoisotopic (exact) mass is 190 g/mol. The Labute approximate surface area is 81.4 Å². The van der Waals surface area contributed by atoms with Crippen LogP contribution in [0.2, 0.25) is 0 Å². The molecule has 0 unspecified atom stereocenters. The molecule has 0 aliphatic rings. The van der Waals surface area contributed by atoms with Crippen molar-refractivity contribution >= 4 is 0 Å². The number of hydrogen-bond acceptors (Lipinski definition) is 4. The summed E-state index contributed by atoms with van der Waals surface area (Å²) >= 11 is 0. The lowest BCUT2D eigenvalue weighted by Gasteiger charge is -2.23. The summed E-state index contributed by atoms with van der Waals surface area (Å²) in [6, 6.07) is 0. The van der Waals surface area contributed by atoms with Gasteiger partial charge in [0.1, 0.15) is 0 Å². The topological polar surface area (TPSA) is 24.9 Å². The SMILES string of the molecule is COC(CN(C)CCN(C)C)OC. The molecule has 0 fully saturated rings. The van der Waals surface area contributed by atoms with Gasteiger partial charge in [-0.2, -0.15) is 0 Å². The fraction of sp³-hybridized carbons (Fsp3) is 1.00. The third-order valence-corrected chi connectivity index (χ3v) is 1.92. The third-order valence-electron chi connectivity index (χ3n) is 1.92. The Morgan fingerprint density at radius 1 is 1.00 bits per heavy atom. The van der Waals surface area contributed by atoms with Crippen LogP contribution in [0.25, 0.3) is 0 Å². The summed E-state index contributed by atoms with van der Waals surface area (Å²) in [7, 11) is 9.52. The van der Waals surface area contributed by atoms with Gasteiger partial charge in [-0.3, -0.25) is 0 Å². The van der Waals surface area contributed by atoms with Crippen LogP contribution >= 0.6 is 0 Å². The van der Waals surface area contributed by atoms with Gasteiger partial charge in [0.05, 0.1) is 0 Å². The van der Waals surface area contributed by atoms with Crippen LogP contribution in [0.4, 0.5) is 0 Å². The van der Waals surface area contributed by atoms with Crippen LogP contribution in [0.1, 0.15) is 0 Å². The predicted molar refractivity (Wildman–Crippen MR) is 53.9 cm³/mol. The molecule has 0 spiro atoms. The summed E-state index contributed by atoms with van der Waals surface area (Å²) in [5.74, 6) is 0. The summed E-state index contributed by atoms with van der Waals surface area (Å²) in [4.78, 5) is 4.35. The largest absolute Gasteiger partial charge is 0.355 e. The van der Waals surface area contributed by atoms with Gasteiger partial charge >= 0.3 is 0 Å². The first-order chi connectivity index (χ1) is 6.10. The predicted octanol–water partition coefficient (Wildman–Crippen LogP) is 0.0987. The van der Waals surface area contributed by atoms with Crippen LogP contribution < -0.4 is 0 Å². The van der Waals surface area contributed by atoms with Gasteiger partial charge in [0.15, 0.2) is 6.29 Å². The summed E-state index contributed by atoms with van der Waals surface area (Å²) in [5, 5.41) is 0. The zero-order valence-electron chi connectivity index (χ0n) is 9.41. The molecule has 13 heavy (non-hydrogen) atoms. The lowest BCUT2D eigenvalue weighted by molar-refractivity contribution is -0.113. The molecule has 4 heteroatoms. The molecule has 0 aromatic carbocycles. The van der Waals surface area contributed by atoms with E-state index in [9.17, 15) is 0 Å². The Hall–Kier alpha value is -0.160. The first-order valence-corrected chi connectivity index (χ1v) is 4.49. The molecule has 0 N–H and O–H groups in total.